The van der Waals surface area contributed by atoms with Crippen molar-refractivity contribution in [1.29, 1.82) is 0 Å². The van der Waals surface area contributed by atoms with Gasteiger partial charge in [0.1, 0.15) is 0 Å². The Morgan fingerprint density at radius 2 is 2.53 bits per heavy atom. The molecule has 0 amide bonds. The van der Waals surface area contributed by atoms with Crippen molar-refractivity contribution in [3.63, 3.8) is 0 Å². The number of rotatable bonds is 1. The Bertz CT molecular complexity index is 528. The zero-order chi connectivity index (χ0) is 10.4. The second-order valence-electron chi connectivity index (χ2n) is 3.77. The Labute approximate surface area is 90.2 Å². The lowest BCUT2D eigenvalue weighted by Crippen LogP contribution is -2.18. The second kappa shape index (κ2) is 3.06. The van der Waals surface area contributed by atoms with Crippen LogP contribution in [-0.2, 0) is 11.2 Å². The molecular weight excluding hydrogens is 212 g/mol. The molecule has 5 heteroatoms. The van der Waals surface area contributed by atoms with Crippen LogP contribution in [-0.4, -0.2) is 20.5 Å². The molecule has 1 atom stereocenters. The molecule has 4 nitrogen and oxygen atoms in total. The first-order valence-corrected chi connectivity index (χ1v) is 5.76. The number of imidazole rings is 1. The SMILES string of the molecule is O=C(O)C1CCCc2sc3nccn3c21. The number of thiazole rings is 1. The molecule has 2 aromatic rings. The van der Waals surface area contributed by atoms with E-state index in [2.05, 4.69) is 4.98 Å². The summed E-state index contributed by atoms with van der Waals surface area (Å²) in [7, 11) is 0. The number of aryl methyl sites for hydroxylation is 1. The summed E-state index contributed by atoms with van der Waals surface area (Å²) in [6, 6.07) is 0. The molecule has 2 aromatic heterocycles. The zero-order valence-electron chi connectivity index (χ0n) is 8.01. The van der Waals surface area contributed by atoms with Gasteiger partial charge in [-0.25, -0.2) is 4.98 Å². The highest BCUT2D eigenvalue weighted by Gasteiger charge is 2.30. The lowest BCUT2D eigenvalue weighted by molar-refractivity contribution is -0.139. The van der Waals surface area contributed by atoms with Crippen LogP contribution in [0.5, 0.6) is 0 Å². The van der Waals surface area contributed by atoms with Crippen LogP contribution in [0.15, 0.2) is 12.4 Å². The van der Waals surface area contributed by atoms with E-state index in [0.717, 1.165) is 29.9 Å². The molecule has 0 saturated heterocycles. The van der Waals surface area contributed by atoms with Crippen LogP contribution in [0.1, 0.15) is 29.3 Å². The number of carboxylic acids is 1. The molecule has 0 aromatic carbocycles. The molecule has 0 spiro atoms. The zero-order valence-corrected chi connectivity index (χ0v) is 8.83. The van der Waals surface area contributed by atoms with Crippen molar-refractivity contribution < 1.29 is 9.90 Å². The van der Waals surface area contributed by atoms with Gasteiger partial charge < -0.3 is 5.11 Å². The van der Waals surface area contributed by atoms with Crippen LogP contribution in [0.2, 0.25) is 0 Å². The summed E-state index contributed by atoms with van der Waals surface area (Å²) in [4.78, 5) is 17.5. The van der Waals surface area contributed by atoms with Gasteiger partial charge in [0.2, 0.25) is 0 Å². The molecule has 1 aliphatic carbocycles. The van der Waals surface area contributed by atoms with Gasteiger partial charge in [-0.1, -0.05) is 0 Å². The first kappa shape index (κ1) is 8.91. The van der Waals surface area contributed by atoms with Crippen LogP contribution in [0.25, 0.3) is 4.96 Å². The number of aliphatic carboxylic acids is 1. The summed E-state index contributed by atoms with van der Waals surface area (Å²) < 4.78 is 1.93. The summed E-state index contributed by atoms with van der Waals surface area (Å²) >= 11 is 1.62. The number of aromatic nitrogens is 2. The number of fused-ring (bicyclic) bond motifs is 3. The Hall–Kier alpha value is -1.36. The van der Waals surface area contributed by atoms with Gasteiger partial charge in [0.15, 0.2) is 4.96 Å². The van der Waals surface area contributed by atoms with Crippen molar-refractivity contribution in [3.05, 3.63) is 23.0 Å². The molecule has 0 aliphatic heterocycles. The van der Waals surface area contributed by atoms with E-state index >= 15 is 0 Å². The maximum atomic E-state index is 11.2. The van der Waals surface area contributed by atoms with Crippen LogP contribution < -0.4 is 0 Å². The summed E-state index contributed by atoms with van der Waals surface area (Å²) in [6.45, 7) is 0. The fourth-order valence-electron chi connectivity index (χ4n) is 2.23. The van der Waals surface area contributed by atoms with E-state index in [-0.39, 0.29) is 5.92 Å². The maximum absolute atomic E-state index is 11.2. The van der Waals surface area contributed by atoms with Crippen molar-refractivity contribution >= 4 is 22.3 Å². The van der Waals surface area contributed by atoms with Crippen LogP contribution in [0.3, 0.4) is 0 Å². The Morgan fingerprint density at radius 1 is 1.67 bits per heavy atom. The van der Waals surface area contributed by atoms with E-state index in [1.165, 1.54) is 4.88 Å². The number of nitrogens with zero attached hydrogens (tertiary/aromatic N) is 2. The third-order valence-electron chi connectivity index (χ3n) is 2.89. The van der Waals surface area contributed by atoms with Crippen molar-refractivity contribution in [1.82, 2.24) is 9.38 Å². The van der Waals surface area contributed by atoms with Gasteiger partial charge in [0.05, 0.1) is 11.6 Å². The topological polar surface area (TPSA) is 54.6 Å². The molecule has 0 fully saturated rings. The number of hydrogen-bond acceptors (Lipinski definition) is 3. The summed E-state index contributed by atoms with van der Waals surface area (Å²) in [5, 5.41) is 9.17. The smallest absolute Gasteiger partial charge is 0.312 e. The van der Waals surface area contributed by atoms with E-state index in [9.17, 15) is 9.90 Å². The fraction of sp³-hybridized carbons (Fsp3) is 0.400. The van der Waals surface area contributed by atoms with Crippen LogP contribution in [0, 0.1) is 0 Å². The predicted octanol–water partition coefficient (Wildman–Crippen LogP) is 1.90. The maximum Gasteiger partial charge on any atom is 0.312 e. The van der Waals surface area contributed by atoms with Gasteiger partial charge in [0, 0.05) is 17.3 Å². The lowest BCUT2D eigenvalue weighted by Gasteiger charge is -2.18. The Kier molecular flexibility index (Phi) is 1.82. The molecule has 15 heavy (non-hydrogen) atoms. The van der Waals surface area contributed by atoms with Gasteiger partial charge in [-0.3, -0.25) is 9.20 Å². The monoisotopic (exact) mass is 222 g/mol. The third-order valence-corrected chi connectivity index (χ3v) is 4.04. The molecule has 2 heterocycles. The second-order valence-corrected chi connectivity index (χ2v) is 4.84. The Morgan fingerprint density at radius 3 is 3.33 bits per heavy atom. The van der Waals surface area contributed by atoms with Gasteiger partial charge in [-0.05, 0) is 19.3 Å². The van der Waals surface area contributed by atoms with Crippen LogP contribution >= 0.6 is 11.3 Å². The molecule has 3 rings (SSSR count). The highest BCUT2D eigenvalue weighted by Crippen LogP contribution is 2.36. The van der Waals surface area contributed by atoms with Crippen molar-refractivity contribution in [2.75, 3.05) is 0 Å². The van der Waals surface area contributed by atoms with Crippen molar-refractivity contribution in [2.45, 2.75) is 25.2 Å². The van der Waals surface area contributed by atoms with E-state index < -0.39 is 5.97 Å². The van der Waals surface area contributed by atoms with E-state index in [0.29, 0.717) is 0 Å². The first-order chi connectivity index (χ1) is 7.27. The average Bonchev–Trinajstić information content (AvgIpc) is 2.75. The number of carboxylic acid groups (broad SMARTS) is 1. The van der Waals surface area contributed by atoms with Crippen LogP contribution in [0.4, 0.5) is 0 Å². The number of carbonyl (C=O) groups is 1. The minimum Gasteiger partial charge on any atom is -0.481 e. The van der Waals surface area contributed by atoms with Crippen molar-refractivity contribution in [3.8, 4) is 0 Å². The fourth-order valence-corrected chi connectivity index (χ4v) is 3.41. The summed E-state index contributed by atoms with van der Waals surface area (Å²) in [5.41, 5.74) is 0.950. The van der Waals surface area contributed by atoms with E-state index in [1.807, 2.05) is 10.6 Å². The predicted molar refractivity (Wildman–Crippen MR) is 56.4 cm³/mol. The number of hydrogen-bond donors (Lipinski definition) is 1. The van der Waals surface area contributed by atoms with Gasteiger partial charge >= 0.3 is 5.97 Å². The molecule has 0 bridgehead atoms. The van der Waals surface area contributed by atoms with Gasteiger partial charge in [-0.15, -0.1) is 11.3 Å². The highest BCUT2D eigenvalue weighted by atomic mass is 32.1. The molecule has 78 valence electrons. The minimum absolute atomic E-state index is 0.350. The molecule has 1 unspecified atom stereocenters. The molecule has 0 radical (unpaired) electrons. The third kappa shape index (κ3) is 1.19. The Balaban J connectivity index is 2.26. The normalized spacial score (nSPS) is 20.4. The quantitative estimate of drug-likeness (QED) is 0.801. The first-order valence-electron chi connectivity index (χ1n) is 4.95. The molecular formula is C10H10N2O2S. The summed E-state index contributed by atoms with van der Waals surface area (Å²) in [5.74, 6) is -1.07. The molecule has 0 saturated carbocycles. The van der Waals surface area contributed by atoms with E-state index in [1.54, 1.807) is 17.5 Å². The van der Waals surface area contributed by atoms with Crippen molar-refractivity contribution in [2.24, 2.45) is 0 Å². The largest absolute Gasteiger partial charge is 0.481 e. The molecule has 1 N–H and O–H groups in total. The van der Waals surface area contributed by atoms with E-state index in [4.69, 9.17) is 0 Å². The summed E-state index contributed by atoms with van der Waals surface area (Å²) in [6.07, 6.45) is 6.28. The average molecular weight is 222 g/mol. The standard InChI is InChI=1S/C10H10N2O2S/c13-9(14)6-2-1-3-7-8(6)12-5-4-11-10(12)15-7/h4-6H,1-3H2,(H,13,14). The molecule has 1 aliphatic rings. The van der Waals surface area contributed by atoms with Gasteiger partial charge in [0.25, 0.3) is 0 Å². The lowest BCUT2D eigenvalue weighted by atomic mass is 9.91. The van der Waals surface area contributed by atoms with Gasteiger partial charge in [-0.2, -0.15) is 0 Å². The minimum atomic E-state index is -0.718. The highest BCUT2D eigenvalue weighted by molar-refractivity contribution is 7.17.